The fourth-order valence-electron chi connectivity index (χ4n) is 9.78. The van der Waals surface area contributed by atoms with Gasteiger partial charge in [0, 0.05) is 12.8 Å². The second-order valence-corrected chi connectivity index (χ2v) is 26.6. The minimum absolute atomic E-state index is 0.0386. The van der Waals surface area contributed by atoms with Crippen molar-refractivity contribution in [3.05, 3.63) is 146 Å². The SMILES string of the molecule is CC/C=C\C/C=C\C/C=C\C/C=C\C/C=C\C/C=C\C/C=C\C/C=C\C/C=C\C/C=C\CCCCCCCCCCC(=O)OC(COC(=O)CCCCCCCCCCCCCCCCC/C=C\C/C=C\CCCCCCC)COP(=O)([O-])OCC[N+](C)(C)C. The van der Waals surface area contributed by atoms with Gasteiger partial charge in [-0.05, 0) is 122 Å². The highest BCUT2D eigenvalue weighted by Gasteiger charge is 2.22. The Morgan fingerprint density at radius 3 is 0.944 bits per heavy atom. The van der Waals surface area contributed by atoms with Crippen molar-refractivity contribution in [3.63, 3.8) is 0 Å². The second-order valence-electron chi connectivity index (χ2n) is 25.2. The quantitative estimate of drug-likeness (QED) is 0.0195. The number of likely N-dealkylation sites (N-methyl/N-ethyl adjacent to an activating group) is 1. The van der Waals surface area contributed by atoms with Crippen molar-refractivity contribution in [2.75, 3.05) is 47.5 Å². The fourth-order valence-corrected chi connectivity index (χ4v) is 10.5. The molecule has 0 saturated carbocycles. The molecule has 0 saturated heterocycles. The Hall–Kier alpha value is -4.11. The topological polar surface area (TPSA) is 111 Å². The number of phosphoric acid groups is 1. The summed E-state index contributed by atoms with van der Waals surface area (Å²) in [5, 5.41) is 0. The first kappa shape index (κ1) is 85.9. The number of ether oxygens (including phenoxy) is 2. The third-order valence-corrected chi connectivity index (χ3v) is 16.3. The summed E-state index contributed by atoms with van der Waals surface area (Å²) in [5.74, 6) is -0.844. The molecule has 0 spiro atoms. The van der Waals surface area contributed by atoms with Crippen molar-refractivity contribution in [1.29, 1.82) is 0 Å². The van der Waals surface area contributed by atoms with Gasteiger partial charge in [0.15, 0.2) is 6.10 Å². The largest absolute Gasteiger partial charge is 0.756 e. The third-order valence-electron chi connectivity index (χ3n) is 15.3. The maximum absolute atomic E-state index is 12.9. The van der Waals surface area contributed by atoms with Crippen LogP contribution >= 0.6 is 7.82 Å². The zero-order chi connectivity index (χ0) is 65.5. The number of hydrogen-bond donors (Lipinski definition) is 0. The minimum atomic E-state index is -4.65. The predicted molar refractivity (Wildman–Crippen MR) is 387 cm³/mol. The first-order valence-electron chi connectivity index (χ1n) is 36.5. The Morgan fingerprint density at radius 2 is 0.633 bits per heavy atom. The number of hydrogen-bond acceptors (Lipinski definition) is 8. The molecule has 9 nitrogen and oxygen atoms in total. The normalized spacial score (nSPS) is 14.0. The van der Waals surface area contributed by atoms with Crippen LogP contribution < -0.4 is 4.89 Å². The van der Waals surface area contributed by atoms with Crippen molar-refractivity contribution < 1.29 is 42.1 Å². The highest BCUT2D eigenvalue weighted by Crippen LogP contribution is 2.38. The fraction of sp³-hybridized carbons (Fsp3) is 0.675. The van der Waals surface area contributed by atoms with E-state index in [9.17, 15) is 19.0 Å². The molecule has 0 aliphatic heterocycles. The lowest BCUT2D eigenvalue weighted by Crippen LogP contribution is -2.37. The molecule has 0 bridgehead atoms. The van der Waals surface area contributed by atoms with Gasteiger partial charge in [-0.15, -0.1) is 0 Å². The van der Waals surface area contributed by atoms with E-state index in [0.717, 1.165) is 116 Å². The second kappa shape index (κ2) is 69.2. The molecule has 2 atom stereocenters. The third kappa shape index (κ3) is 72.9. The monoisotopic (exact) mass is 1270 g/mol. The van der Waals surface area contributed by atoms with Crippen LogP contribution in [0.25, 0.3) is 0 Å². The predicted octanol–water partition coefficient (Wildman–Crippen LogP) is 23.5. The van der Waals surface area contributed by atoms with Crippen molar-refractivity contribution in [2.45, 2.75) is 302 Å². The van der Waals surface area contributed by atoms with Gasteiger partial charge in [-0.1, -0.05) is 307 Å². The number of rotatable bonds is 66. The lowest BCUT2D eigenvalue weighted by Gasteiger charge is -2.28. The van der Waals surface area contributed by atoms with Crippen LogP contribution in [0.15, 0.2) is 146 Å². The first-order valence-corrected chi connectivity index (χ1v) is 38.0. The zero-order valence-corrected chi connectivity index (χ0v) is 59.4. The lowest BCUT2D eigenvalue weighted by atomic mass is 10.0. The Kier molecular flexibility index (Phi) is 66.1. The number of nitrogens with zero attached hydrogens (tertiary/aromatic N) is 1. The summed E-state index contributed by atoms with van der Waals surface area (Å²) in [7, 11) is 1.15. The molecule has 0 aromatic carbocycles. The van der Waals surface area contributed by atoms with Crippen LogP contribution in [0, 0.1) is 0 Å². The van der Waals surface area contributed by atoms with Gasteiger partial charge < -0.3 is 27.9 Å². The molecular weight excluding hydrogens is 1130 g/mol. The average Bonchev–Trinajstić information content (AvgIpc) is 3.58. The molecule has 0 fully saturated rings. The van der Waals surface area contributed by atoms with Crippen LogP contribution in [-0.4, -0.2) is 70.0 Å². The van der Waals surface area contributed by atoms with Gasteiger partial charge in [0.2, 0.25) is 0 Å². The summed E-state index contributed by atoms with van der Waals surface area (Å²) in [6, 6.07) is 0. The van der Waals surface area contributed by atoms with Crippen molar-refractivity contribution in [1.82, 2.24) is 0 Å². The molecule has 514 valence electrons. The Bertz CT molecular complexity index is 2030. The van der Waals surface area contributed by atoms with Gasteiger partial charge in [0.25, 0.3) is 7.82 Å². The molecule has 0 aromatic rings. The minimum Gasteiger partial charge on any atom is -0.756 e. The number of quaternary nitrogens is 1. The van der Waals surface area contributed by atoms with Crippen LogP contribution in [0.1, 0.15) is 296 Å². The Morgan fingerprint density at radius 1 is 0.356 bits per heavy atom. The standard InChI is InChI=1S/C80H136NO8P/c1-6-8-10-12-14-16-18-20-22-24-26-28-30-32-34-35-36-37-38-39-40-41-42-43-44-45-47-49-51-53-55-57-59-61-63-65-67-69-71-73-80(83)89-78(77-88-90(84,85)87-75-74-81(3,4)5)76-86-79(82)72-70-68-66-64-62-60-58-56-54-52-50-48-46-33-31-29-27-25-23-21-19-17-15-13-11-9-7-2/h8,10,14,16,19-22,25-28,32,34,36-37,39-40,42-43,45,47,51,53,78H,6-7,9,11-13,15,17-18,23-24,29-31,33,35,38,41,44,46,48-50,52,54-77H2,1-5H3/b10-8-,16-14-,21-19-,22-20-,27-25-,28-26-,34-32-,37-36-,40-39-,43-42-,47-45-,53-51-. The maximum atomic E-state index is 12.9. The van der Waals surface area contributed by atoms with E-state index < -0.39 is 26.5 Å². The molecule has 0 rings (SSSR count). The van der Waals surface area contributed by atoms with E-state index in [0.29, 0.717) is 17.4 Å². The summed E-state index contributed by atoms with van der Waals surface area (Å²) >= 11 is 0. The summed E-state index contributed by atoms with van der Waals surface area (Å²) in [6.07, 6.45) is 102. The number of allylic oxidation sites excluding steroid dienone is 24. The number of carbonyl (C=O) groups is 2. The van der Waals surface area contributed by atoms with Crippen molar-refractivity contribution >= 4 is 19.8 Å². The molecule has 0 N–H and O–H groups in total. The molecule has 0 aromatic heterocycles. The molecule has 2 unspecified atom stereocenters. The number of esters is 2. The van der Waals surface area contributed by atoms with Crippen molar-refractivity contribution in [3.8, 4) is 0 Å². The molecule has 0 heterocycles. The van der Waals surface area contributed by atoms with Gasteiger partial charge in [-0.3, -0.25) is 14.2 Å². The molecule has 90 heavy (non-hydrogen) atoms. The summed E-state index contributed by atoms with van der Waals surface area (Å²) in [5.41, 5.74) is 0. The Labute approximate surface area is 554 Å². The molecular formula is C80H136NO8P. The highest BCUT2D eigenvalue weighted by atomic mass is 31.2. The van der Waals surface area contributed by atoms with E-state index in [2.05, 4.69) is 160 Å². The maximum Gasteiger partial charge on any atom is 0.306 e. The van der Waals surface area contributed by atoms with Crippen molar-refractivity contribution in [2.24, 2.45) is 0 Å². The number of phosphoric ester groups is 1. The van der Waals surface area contributed by atoms with Crippen LogP contribution in [0.2, 0.25) is 0 Å². The summed E-state index contributed by atoms with van der Waals surface area (Å²) in [6.45, 7) is 4.12. The van der Waals surface area contributed by atoms with E-state index in [1.54, 1.807) is 0 Å². The van der Waals surface area contributed by atoms with Gasteiger partial charge in [-0.25, -0.2) is 0 Å². The van der Waals surface area contributed by atoms with Crippen LogP contribution in [0.4, 0.5) is 0 Å². The van der Waals surface area contributed by atoms with Gasteiger partial charge >= 0.3 is 11.9 Å². The van der Waals surface area contributed by atoms with Gasteiger partial charge in [0.1, 0.15) is 19.8 Å². The van der Waals surface area contributed by atoms with E-state index in [4.69, 9.17) is 18.5 Å². The first-order chi connectivity index (χ1) is 44.0. The van der Waals surface area contributed by atoms with Crippen LogP contribution in [-0.2, 0) is 32.7 Å². The molecule has 0 amide bonds. The summed E-state index contributed by atoms with van der Waals surface area (Å²) < 4.78 is 34.3. The Balaban J connectivity index is 4.10. The van der Waals surface area contributed by atoms with E-state index in [-0.39, 0.29) is 32.0 Å². The van der Waals surface area contributed by atoms with Crippen LogP contribution in [0.5, 0.6) is 0 Å². The molecule has 0 aliphatic carbocycles. The average molecular weight is 1270 g/mol. The lowest BCUT2D eigenvalue weighted by molar-refractivity contribution is -0.870. The van der Waals surface area contributed by atoms with E-state index >= 15 is 0 Å². The molecule has 0 aliphatic rings. The van der Waals surface area contributed by atoms with Crippen LogP contribution in [0.3, 0.4) is 0 Å². The van der Waals surface area contributed by atoms with E-state index in [1.807, 2.05) is 21.1 Å². The molecule has 0 radical (unpaired) electrons. The number of unbranched alkanes of at least 4 members (excludes halogenated alkanes) is 28. The van der Waals surface area contributed by atoms with E-state index in [1.165, 1.54) is 148 Å². The van der Waals surface area contributed by atoms with Gasteiger partial charge in [-0.2, -0.15) is 0 Å². The molecule has 10 heteroatoms. The summed E-state index contributed by atoms with van der Waals surface area (Å²) in [4.78, 5) is 38.1. The van der Waals surface area contributed by atoms with Gasteiger partial charge in [0.05, 0.1) is 27.7 Å². The number of carbonyl (C=O) groups excluding carboxylic acids is 2. The highest BCUT2D eigenvalue weighted by molar-refractivity contribution is 7.45. The zero-order valence-electron chi connectivity index (χ0n) is 58.5. The smallest absolute Gasteiger partial charge is 0.306 e.